The standard InChI is InChI=1S/C14H29NO3/c1-3-4-5-6-7-8-14(18)9-10-15(11-12-16)13(2)17/h14,16,18H,3-12H2,1-2H3. The van der Waals surface area contributed by atoms with E-state index in [9.17, 15) is 9.90 Å². The lowest BCUT2D eigenvalue weighted by molar-refractivity contribution is -0.129. The van der Waals surface area contributed by atoms with Crippen molar-refractivity contribution < 1.29 is 15.0 Å². The maximum atomic E-state index is 11.2. The highest BCUT2D eigenvalue weighted by atomic mass is 16.3. The van der Waals surface area contributed by atoms with E-state index in [2.05, 4.69) is 6.92 Å². The Labute approximate surface area is 111 Å². The number of aliphatic hydroxyl groups is 2. The summed E-state index contributed by atoms with van der Waals surface area (Å²) in [6, 6.07) is 0. The Morgan fingerprint density at radius 2 is 1.78 bits per heavy atom. The zero-order valence-corrected chi connectivity index (χ0v) is 11.9. The normalized spacial score (nSPS) is 12.4. The molecule has 1 unspecified atom stereocenters. The van der Waals surface area contributed by atoms with Gasteiger partial charge in [-0.3, -0.25) is 4.79 Å². The molecule has 0 bridgehead atoms. The first-order valence-electron chi connectivity index (χ1n) is 7.16. The van der Waals surface area contributed by atoms with Gasteiger partial charge in [0.25, 0.3) is 0 Å². The van der Waals surface area contributed by atoms with Gasteiger partial charge in [0, 0.05) is 20.0 Å². The first kappa shape index (κ1) is 17.4. The summed E-state index contributed by atoms with van der Waals surface area (Å²) in [6.45, 7) is 4.55. The van der Waals surface area contributed by atoms with Crippen molar-refractivity contribution in [2.24, 2.45) is 0 Å². The highest BCUT2D eigenvalue weighted by molar-refractivity contribution is 5.73. The number of nitrogens with zero attached hydrogens (tertiary/aromatic N) is 1. The number of carbonyl (C=O) groups is 1. The third kappa shape index (κ3) is 9.42. The minimum atomic E-state index is -0.327. The molecule has 0 aliphatic carbocycles. The lowest BCUT2D eigenvalue weighted by Crippen LogP contribution is -2.34. The van der Waals surface area contributed by atoms with Crippen molar-refractivity contribution >= 4 is 5.91 Å². The van der Waals surface area contributed by atoms with Crippen LogP contribution in [-0.2, 0) is 4.79 Å². The van der Waals surface area contributed by atoms with Crippen LogP contribution in [0.25, 0.3) is 0 Å². The van der Waals surface area contributed by atoms with Crippen molar-refractivity contribution in [2.45, 2.75) is 64.9 Å². The van der Waals surface area contributed by atoms with Crippen LogP contribution in [0.15, 0.2) is 0 Å². The molecule has 0 aliphatic rings. The molecule has 1 amide bonds. The summed E-state index contributed by atoms with van der Waals surface area (Å²) in [5.41, 5.74) is 0. The summed E-state index contributed by atoms with van der Waals surface area (Å²) in [4.78, 5) is 12.8. The lowest BCUT2D eigenvalue weighted by Gasteiger charge is -2.21. The lowest BCUT2D eigenvalue weighted by atomic mass is 10.1. The third-order valence-corrected chi connectivity index (χ3v) is 3.19. The highest BCUT2D eigenvalue weighted by Crippen LogP contribution is 2.09. The summed E-state index contributed by atoms with van der Waals surface area (Å²) < 4.78 is 0. The van der Waals surface area contributed by atoms with Crippen LogP contribution in [0.1, 0.15) is 58.8 Å². The average Bonchev–Trinajstić information content (AvgIpc) is 2.33. The first-order chi connectivity index (χ1) is 8.61. The maximum absolute atomic E-state index is 11.2. The van der Waals surface area contributed by atoms with Crippen molar-refractivity contribution in [1.82, 2.24) is 4.90 Å². The van der Waals surface area contributed by atoms with Crippen molar-refractivity contribution in [2.75, 3.05) is 19.7 Å². The smallest absolute Gasteiger partial charge is 0.219 e. The second-order valence-corrected chi connectivity index (χ2v) is 4.88. The summed E-state index contributed by atoms with van der Waals surface area (Å²) in [5, 5.41) is 18.6. The van der Waals surface area contributed by atoms with E-state index in [0.29, 0.717) is 19.5 Å². The number of hydrogen-bond donors (Lipinski definition) is 2. The van der Waals surface area contributed by atoms with Crippen LogP contribution >= 0.6 is 0 Å². The minimum Gasteiger partial charge on any atom is -0.395 e. The molecule has 0 rings (SSSR count). The summed E-state index contributed by atoms with van der Waals surface area (Å²) >= 11 is 0. The van der Waals surface area contributed by atoms with Gasteiger partial charge >= 0.3 is 0 Å². The van der Waals surface area contributed by atoms with Crippen LogP contribution < -0.4 is 0 Å². The van der Waals surface area contributed by atoms with E-state index in [1.807, 2.05) is 0 Å². The molecule has 0 aromatic heterocycles. The molecule has 0 aliphatic heterocycles. The number of carbonyl (C=O) groups excluding carboxylic acids is 1. The number of hydrogen-bond acceptors (Lipinski definition) is 3. The quantitative estimate of drug-likeness (QED) is 0.557. The Morgan fingerprint density at radius 1 is 1.11 bits per heavy atom. The molecule has 4 heteroatoms. The predicted molar refractivity (Wildman–Crippen MR) is 73.3 cm³/mol. The largest absolute Gasteiger partial charge is 0.395 e. The van der Waals surface area contributed by atoms with Gasteiger partial charge in [-0.15, -0.1) is 0 Å². The Morgan fingerprint density at radius 3 is 2.33 bits per heavy atom. The van der Waals surface area contributed by atoms with Gasteiger partial charge in [-0.2, -0.15) is 0 Å². The van der Waals surface area contributed by atoms with Gasteiger partial charge in [0.1, 0.15) is 0 Å². The summed E-state index contributed by atoms with van der Waals surface area (Å²) in [5.74, 6) is -0.0424. The zero-order valence-electron chi connectivity index (χ0n) is 11.9. The van der Waals surface area contributed by atoms with Crippen molar-refractivity contribution in [3.63, 3.8) is 0 Å². The molecule has 108 valence electrons. The number of unbranched alkanes of at least 4 members (excludes halogenated alkanes) is 4. The monoisotopic (exact) mass is 259 g/mol. The first-order valence-corrected chi connectivity index (χ1v) is 7.16. The van der Waals surface area contributed by atoms with Gasteiger partial charge in [0.05, 0.1) is 12.7 Å². The van der Waals surface area contributed by atoms with E-state index in [0.717, 1.165) is 12.8 Å². The Bertz CT molecular complexity index is 209. The number of rotatable bonds is 11. The van der Waals surface area contributed by atoms with Crippen LogP contribution in [0.2, 0.25) is 0 Å². The zero-order chi connectivity index (χ0) is 13.8. The molecule has 0 radical (unpaired) electrons. The van der Waals surface area contributed by atoms with Crippen LogP contribution in [-0.4, -0.2) is 46.8 Å². The molecule has 0 fully saturated rings. The molecule has 1 atom stereocenters. The van der Waals surface area contributed by atoms with Crippen molar-refractivity contribution in [3.05, 3.63) is 0 Å². The Balaban J connectivity index is 3.60. The van der Waals surface area contributed by atoms with E-state index in [4.69, 9.17) is 5.11 Å². The fourth-order valence-corrected chi connectivity index (χ4v) is 1.98. The van der Waals surface area contributed by atoms with Crippen molar-refractivity contribution in [1.29, 1.82) is 0 Å². The molecule has 0 heterocycles. The molecule has 0 aromatic rings. The average molecular weight is 259 g/mol. The molecule has 0 spiro atoms. The van der Waals surface area contributed by atoms with Crippen molar-refractivity contribution in [3.8, 4) is 0 Å². The van der Waals surface area contributed by atoms with Gasteiger partial charge in [-0.1, -0.05) is 39.0 Å². The fourth-order valence-electron chi connectivity index (χ4n) is 1.98. The van der Waals surface area contributed by atoms with Crippen LogP contribution in [0.3, 0.4) is 0 Å². The molecule has 18 heavy (non-hydrogen) atoms. The fraction of sp³-hybridized carbons (Fsp3) is 0.929. The molecular weight excluding hydrogens is 230 g/mol. The Kier molecular flexibility index (Phi) is 11.1. The van der Waals surface area contributed by atoms with Gasteiger partial charge in [-0.05, 0) is 12.8 Å². The predicted octanol–water partition coefficient (Wildman–Crippen LogP) is 1.94. The van der Waals surface area contributed by atoms with Gasteiger partial charge in [0.2, 0.25) is 5.91 Å². The second-order valence-electron chi connectivity index (χ2n) is 4.88. The third-order valence-electron chi connectivity index (χ3n) is 3.19. The van der Waals surface area contributed by atoms with Gasteiger partial charge < -0.3 is 15.1 Å². The molecule has 0 aromatic carbocycles. The van der Waals surface area contributed by atoms with Crippen LogP contribution in [0.4, 0.5) is 0 Å². The summed E-state index contributed by atoms with van der Waals surface area (Å²) in [6.07, 6.45) is 7.07. The van der Waals surface area contributed by atoms with Crippen LogP contribution in [0, 0.1) is 0 Å². The minimum absolute atomic E-state index is 0.0211. The number of aliphatic hydroxyl groups excluding tert-OH is 2. The Hall–Kier alpha value is -0.610. The molecule has 2 N–H and O–H groups in total. The van der Waals surface area contributed by atoms with E-state index in [-0.39, 0.29) is 18.6 Å². The van der Waals surface area contributed by atoms with Gasteiger partial charge in [-0.25, -0.2) is 0 Å². The maximum Gasteiger partial charge on any atom is 0.219 e. The number of amides is 1. The van der Waals surface area contributed by atoms with Gasteiger partial charge in [0.15, 0.2) is 0 Å². The summed E-state index contributed by atoms with van der Waals surface area (Å²) in [7, 11) is 0. The highest BCUT2D eigenvalue weighted by Gasteiger charge is 2.10. The molecular formula is C14H29NO3. The SMILES string of the molecule is CCCCCCCC(O)CCN(CCO)C(C)=O. The molecule has 4 nitrogen and oxygen atoms in total. The van der Waals surface area contributed by atoms with E-state index in [1.54, 1.807) is 4.90 Å². The topological polar surface area (TPSA) is 60.8 Å². The van der Waals surface area contributed by atoms with E-state index < -0.39 is 0 Å². The van der Waals surface area contributed by atoms with E-state index >= 15 is 0 Å². The van der Waals surface area contributed by atoms with Crippen LogP contribution in [0.5, 0.6) is 0 Å². The molecule has 0 saturated carbocycles. The molecule has 0 saturated heterocycles. The second kappa shape index (κ2) is 11.5. The van der Waals surface area contributed by atoms with E-state index in [1.165, 1.54) is 32.6 Å².